The van der Waals surface area contributed by atoms with E-state index in [4.69, 9.17) is 0 Å². The highest BCUT2D eigenvalue weighted by Crippen LogP contribution is 2.20. The van der Waals surface area contributed by atoms with Gasteiger partial charge in [0.25, 0.3) is 10.0 Å². The van der Waals surface area contributed by atoms with Crippen molar-refractivity contribution in [1.82, 2.24) is 14.5 Å². The lowest BCUT2D eigenvalue weighted by molar-refractivity contribution is 0.510. The van der Waals surface area contributed by atoms with Crippen LogP contribution in [0.2, 0.25) is 0 Å². The van der Waals surface area contributed by atoms with E-state index in [0.717, 1.165) is 17.5 Å². The second-order valence-corrected chi connectivity index (χ2v) is 7.05. The van der Waals surface area contributed by atoms with E-state index in [2.05, 4.69) is 9.82 Å². The molecule has 0 spiro atoms. The summed E-state index contributed by atoms with van der Waals surface area (Å²) in [5.41, 5.74) is 2.13. The lowest BCUT2D eigenvalue weighted by Gasteiger charge is -2.18. The summed E-state index contributed by atoms with van der Waals surface area (Å²) in [7, 11) is -3.59. The Bertz CT molecular complexity index is 705. The van der Waals surface area contributed by atoms with Crippen molar-refractivity contribution in [3.8, 4) is 0 Å². The molecule has 120 valence electrons. The molecule has 0 saturated carbocycles. The van der Waals surface area contributed by atoms with Crippen molar-refractivity contribution in [2.24, 2.45) is 0 Å². The zero-order valence-corrected chi connectivity index (χ0v) is 14.1. The van der Waals surface area contributed by atoms with E-state index < -0.39 is 10.0 Å². The van der Waals surface area contributed by atoms with Crippen LogP contribution >= 0.6 is 0 Å². The fraction of sp³-hybridized carbons (Fsp3) is 0.438. The molecular weight excluding hydrogens is 298 g/mol. The Balaban J connectivity index is 2.25. The molecule has 1 heterocycles. The molecule has 1 unspecified atom stereocenters. The summed E-state index contributed by atoms with van der Waals surface area (Å²) in [6, 6.07) is 9.22. The molecule has 1 aromatic heterocycles. The Kier molecular flexibility index (Phi) is 5.37. The van der Waals surface area contributed by atoms with Crippen LogP contribution in [0.4, 0.5) is 0 Å². The molecule has 0 aliphatic rings. The first-order valence-electron chi connectivity index (χ1n) is 7.58. The number of sulfonamides is 1. The molecule has 0 radical (unpaired) electrons. The summed E-state index contributed by atoms with van der Waals surface area (Å²) >= 11 is 0. The average molecular weight is 321 g/mol. The molecule has 0 amide bonds. The van der Waals surface area contributed by atoms with E-state index in [9.17, 15) is 8.42 Å². The Morgan fingerprint density at radius 1 is 1.18 bits per heavy atom. The van der Waals surface area contributed by atoms with Crippen molar-refractivity contribution >= 4 is 10.0 Å². The Labute approximate surface area is 132 Å². The topological polar surface area (TPSA) is 64.0 Å². The lowest BCUT2D eigenvalue weighted by atomic mass is 10.0. The fourth-order valence-corrected chi connectivity index (χ4v) is 3.82. The minimum Gasteiger partial charge on any atom is -0.253 e. The van der Waals surface area contributed by atoms with E-state index in [0.29, 0.717) is 13.0 Å². The fourth-order valence-electron chi connectivity index (χ4n) is 2.36. The van der Waals surface area contributed by atoms with Gasteiger partial charge < -0.3 is 0 Å². The van der Waals surface area contributed by atoms with Crippen molar-refractivity contribution in [3.63, 3.8) is 0 Å². The largest absolute Gasteiger partial charge is 0.258 e. The van der Waals surface area contributed by atoms with Gasteiger partial charge in [-0.1, -0.05) is 43.7 Å². The van der Waals surface area contributed by atoms with Crippen LogP contribution < -0.4 is 4.72 Å². The molecule has 1 atom stereocenters. The number of aromatic nitrogens is 2. The Morgan fingerprint density at radius 3 is 2.45 bits per heavy atom. The minimum absolute atomic E-state index is 0.222. The van der Waals surface area contributed by atoms with Crippen LogP contribution in [-0.2, 0) is 16.6 Å². The SMILES string of the molecule is CCCn1nccc1S(=O)(=O)NC(CC)c1ccc(C)cc1. The first kappa shape index (κ1) is 16.7. The van der Waals surface area contributed by atoms with Crippen LogP contribution in [0.3, 0.4) is 0 Å². The third-order valence-electron chi connectivity index (χ3n) is 3.57. The predicted octanol–water partition coefficient (Wildman–Crippen LogP) is 3.03. The Hall–Kier alpha value is -1.66. The highest BCUT2D eigenvalue weighted by Gasteiger charge is 2.23. The number of nitrogens with zero attached hydrogens (tertiary/aromatic N) is 2. The maximum atomic E-state index is 12.6. The van der Waals surface area contributed by atoms with E-state index in [1.54, 1.807) is 6.07 Å². The molecule has 0 saturated heterocycles. The van der Waals surface area contributed by atoms with Crippen LogP contribution in [0.5, 0.6) is 0 Å². The first-order chi connectivity index (χ1) is 10.5. The van der Waals surface area contributed by atoms with Crippen LogP contribution in [0.1, 0.15) is 43.9 Å². The summed E-state index contributed by atoms with van der Waals surface area (Å²) < 4.78 is 29.6. The van der Waals surface area contributed by atoms with Gasteiger partial charge in [0, 0.05) is 12.6 Å². The summed E-state index contributed by atoms with van der Waals surface area (Å²) in [6.45, 7) is 6.56. The zero-order chi connectivity index (χ0) is 16.2. The van der Waals surface area contributed by atoms with Crippen molar-refractivity contribution < 1.29 is 8.42 Å². The number of benzene rings is 1. The van der Waals surface area contributed by atoms with Crippen molar-refractivity contribution in [3.05, 3.63) is 47.7 Å². The second kappa shape index (κ2) is 7.07. The van der Waals surface area contributed by atoms with Crippen molar-refractivity contribution in [2.45, 2.75) is 51.2 Å². The molecule has 0 aliphatic carbocycles. The third kappa shape index (κ3) is 3.75. The molecule has 0 bridgehead atoms. The summed E-state index contributed by atoms with van der Waals surface area (Å²) in [5, 5.41) is 4.31. The summed E-state index contributed by atoms with van der Waals surface area (Å²) in [6.07, 6.45) is 3.04. The van der Waals surface area contributed by atoms with Gasteiger partial charge in [-0.3, -0.25) is 4.68 Å². The maximum absolute atomic E-state index is 12.6. The second-order valence-electron chi connectivity index (χ2n) is 5.39. The molecule has 0 fully saturated rings. The highest BCUT2D eigenvalue weighted by molar-refractivity contribution is 7.89. The van der Waals surface area contributed by atoms with Gasteiger partial charge in [0.05, 0.1) is 6.20 Å². The Morgan fingerprint density at radius 2 is 1.86 bits per heavy atom. The average Bonchev–Trinajstić information content (AvgIpc) is 2.95. The first-order valence-corrected chi connectivity index (χ1v) is 9.07. The third-order valence-corrected chi connectivity index (χ3v) is 5.07. The number of hydrogen-bond acceptors (Lipinski definition) is 3. The number of rotatable bonds is 7. The standard InChI is InChI=1S/C16H23N3O2S/c1-4-12-19-16(10-11-17-19)22(20,21)18-15(5-2)14-8-6-13(3)7-9-14/h6-11,15,18H,4-5,12H2,1-3H3. The van der Waals surface area contributed by atoms with Gasteiger partial charge in [-0.2, -0.15) is 5.10 Å². The number of nitrogens with one attached hydrogen (secondary N) is 1. The van der Waals surface area contributed by atoms with Crippen molar-refractivity contribution in [2.75, 3.05) is 0 Å². The van der Waals surface area contributed by atoms with Crippen LogP contribution in [0, 0.1) is 6.92 Å². The molecule has 22 heavy (non-hydrogen) atoms. The molecule has 2 rings (SSSR count). The zero-order valence-electron chi connectivity index (χ0n) is 13.3. The summed E-state index contributed by atoms with van der Waals surface area (Å²) in [4.78, 5) is 0. The van der Waals surface area contributed by atoms with Gasteiger partial charge in [0.1, 0.15) is 0 Å². The van der Waals surface area contributed by atoms with Gasteiger partial charge in [0.2, 0.25) is 0 Å². The van der Waals surface area contributed by atoms with Gasteiger partial charge in [-0.25, -0.2) is 13.1 Å². The maximum Gasteiger partial charge on any atom is 0.258 e. The van der Waals surface area contributed by atoms with E-state index in [-0.39, 0.29) is 11.1 Å². The van der Waals surface area contributed by atoms with E-state index in [1.807, 2.05) is 45.0 Å². The molecule has 2 aromatic rings. The smallest absolute Gasteiger partial charge is 0.253 e. The number of aryl methyl sites for hydroxylation is 2. The molecule has 1 aromatic carbocycles. The van der Waals surface area contributed by atoms with Crippen molar-refractivity contribution in [1.29, 1.82) is 0 Å². The van der Waals surface area contributed by atoms with Gasteiger partial charge in [-0.15, -0.1) is 0 Å². The monoisotopic (exact) mass is 321 g/mol. The van der Waals surface area contributed by atoms with E-state index >= 15 is 0 Å². The molecule has 6 heteroatoms. The van der Waals surface area contributed by atoms with Gasteiger partial charge in [-0.05, 0) is 31.4 Å². The molecular formula is C16H23N3O2S. The predicted molar refractivity (Wildman–Crippen MR) is 87.1 cm³/mol. The van der Waals surface area contributed by atoms with Crippen LogP contribution in [0.25, 0.3) is 0 Å². The molecule has 5 nitrogen and oxygen atoms in total. The summed E-state index contributed by atoms with van der Waals surface area (Å²) in [5.74, 6) is 0. The van der Waals surface area contributed by atoms with Gasteiger partial charge in [0.15, 0.2) is 5.03 Å². The van der Waals surface area contributed by atoms with E-state index in [1.165, 1.54) is 10.9 Å². The normalized spacial score (nSPS) is 13.2. The van der Waals surface area contributed by atoms with Crippen LogP contribution in [-0.4, -0.2) is 18.2 Å². The van der Waals surface area contributed by atoms with Gasteiger partial charge >= 0.3 is 0 Å². The molecule has 0 aliphatic heterocycles. The molecule has 1 N–H and O–H groups in total. The number of hydrogen-bond donors (Lipinski definition) is 1. The highest BCUT2D eigenvalue weighted by atomic mass is 32.2. The minimum atomic E-state index is -3.59. The quantitative estimate of drug-likeness (QED) is 0.852. The van der Waals surface area contributed by atoms with Crippen LogP contribution in [0.15, 0.2) is 41.6 Å². The lowest BCUT2D eigenvalue weighted by Crippen LogP contribution is -2.30.